The van der Waals surface area contributed by atoms with Crippen LogP contribution in [0.1, 0.15) is 54.4 Å². The number of nitrogens with one attached hydrogen (secondary N) is 1. The van der Waals surface area contributed by atoms with Crippen molar-refractivity contribution in [3.05, 3.63) is 0 Å². The Hall–Kier alpha value is -0.160. The van der Waals surface area contributed by atoms with Crippen LogP contribution in [0.5, 0.6) is 0 Å². The van der Waals surface area contributed by atoms with Crippen LogP contribution in [0.4, 0.5) is 0 Å². The smallest absolute Gasteiger partial charge is 0.0704 e. The quantitative estimate of drug-likeness (QED) is 0.665. The van der Waals surface area contributed by atoms with Gasteiger partial charge in [0, 0.05) is 12.1 Å². The van der Waals surface area contributed by atoms with Gasteiger partial charge >= 0.3 is 0 Å². The molecule has 4 heteroatoms. The van der Waals surface area contributed by atoms with Crippen LogP contribution in [0, 0.1) is 5.41 Å². The first-order chi connectivity index (χ1) is 9.66. The topological polar surface area (TPSA) is 39.7 Å². The van der Waals surface area contributed by atoms with Crippen LogP contribution >= 0.6 is 0 Å². The highest BCUT2D eigenvalue weighted by molar-refractivity contribution is 4.81. The summed E-state index contributed by atoms with van der Waals surface area (Å²) < 4.78 is 17.2. The largest absolute Gasteiger partial charge is 0.379 e. The molecule has 0 aromatic rings. The molecule has 4 nitrogen and oxygen atoms in total. The summed E-state index contributed by atoms with van der Waals surface area (Å²) in [7, 11) is 0. The Morgan fingerprint density at radius 3 is 1.95 bits per heavy atom. The molecular formula is C17H35NO3. The summed E-state index contributed by atoms with van der Waals surface area (Å²) in [4.78, 5) is 0. The third-order valence-electron chi connectivity index (χ3n) is 3.28. The molecule has 0 heterocycles. The molecule has 1 rings (SSSR count). The highest BCUT2D eigenvalue weighted by atomic mass is 16.5. The number of hydrogen-bond acceptors (Lipinski definition) is 4. The van der Waals surface area contributed by atoms with Gasteiger partial charge in [0.2, 0.25) is 0 Å². The van der Waals surface area contributed by atoms with E-state index in [9.17, 15) is 0 Å². The van der Waals surface area contributed by atoms with E-state index in [2.05, 4.69) is 46.9 Å². The molecule has 0 unspecified atom stereocenters. The van der Waals surface area contributed by atoms with Crippen LogP contribution in [-0.2, 0) is 14.2 Å². The van der Waals surface area contributed by atoms with Gasteiger partial charge in [-0.1, -0.05) is 20.8 Å². The summed E-state index contributed by atoms with van der Waals surface area (Å²) in [6.45, 7) is 16.9. The number of ether oxygens (including phenoxy) is 3. The molecule has 0 saturated heterocycles. The molecule has 0 bridgehead atoms. The molecule has 0 radical (unpaired) electrons. The lowest BCUT2D eigenvalue weighted by Crippen LogP contribution is -2.42. The van der Waals surface area contributed by atoms with Crippen molar-refractivity contribution in [3.8, 4) is 0 Å². The average Bonchev–Trinajstić information content (AvgIpc) is 2.25. The van der Waals surface area contributed by atoms with Crippen LogP contribution in [-0.4, -0.2) is 50.7 Å². The summed E-state index contributed by atoms with van der Waals surface area (Å²) in [5, 5.41) is 3.42. The Morgan fingerprint density at radius 1 is 0.857 bits per heavy atom. The van der Waals surface area contributed by atoms with Gasteiger partial charge in [0.1, 0.15) is 0 Å². The van der Waals surface area contributed by atoms with Crippen LogP contribution in [0.3, 0.4) is 0 Å². The average molecular weight is 301 g/mol. The van der Waals surface area contributed by atoms with Crippen molar-refractivity contribution in [1.82, 2.24) is 5.32 Å². The maximum Gasteiger partial charge on any atom is 0.0704 e. The van der Waals surface area contributed by atoms with E-state index in [1.165, 1.54) is 0 Å². The monoisotopic (exact) mass is 301 g/mol. The van der Waals surface area contributed by atoms with Crippen molar-refractivity contribution < 1.29 is 14.2 Å². The van der Waals surface area contributed by atoms with E-state index < -0.39 is 0 Å². The zero-order chi connectivity index (χ0) is 15.9. The lowest BCUT2D eigenvalue weighted by atomic mass is 9.92. The van der Waals surface area contributed by atoms with Gasteiger partial charge in [-0.15, -0.1) is 0 Å². The van der Waals surface area contributed by atoms with Crippen molar-refractivity contribution in [3.63, 3.8) is 0 Å². The number of rotatable bonds is 9. The van der Waals surface area contributed by atoms with Gasteiger partial charge in [-0.05, 0) is 39.0 Å². The summed E-state index contributed by atoms with van der Waals surface area (Å²) in [5.74, 6) is 0. The van der Waals surface area contributed by atoms with E-state index in [1.807, 2.05) is 0 Å². The van der Waals surface area contributed by atoms with Gasteiger partial charge in [0.25, 0.3) is 0 Å². The summed E-state index contributed by atoms with van der Waals surface area (Å²) in [6, 6.07) is 0. The minimum Gasteiger partial charge on any atom is -0.379 e. The van der Waals surface area contributed by atoms with Crippen molar-refractivity contribution in [2.45, 2.75) is 72.1 Å². The van der Waals surface area contributed by atoms with Crippen LogP contribution < -0.4 is 5.32 Å². The van der Waals surface area contributed by atoms with Crippen molar-refractivity contribution in [1.29, 1.82) is 0 Å². The Kier molecular flexibility index (Phi) is 7.62. The molecule has 0 amide bonds. The fourth-order valence-corrected chi connectivity index (χ4v) is 2.09. The maximum atomic E-state index is 5.80. The van der Waals surface area contributed by atoms with Gasteiger partial charge in [-0.3, -0.25) is 0 Å². The Labute approximate surface area is 130 Å². The molecular weight excluding hydrogens is 266 g/mol. The first-order valence-electron chi connectivity index (χ1n) is 8.22. The minimum absolute atomic E-state index is 0.168. The molecule has 1 aliphatic carbocycles. The molecule has 0 aromatic carbocycles. The van der Waals surface area contributed by atoms with E-state index in [0.29, 0.717) is 25.4 Å². The standard InChI is InChI=1S/C17H35NO3/c1-16(2,3)13-19-9-10-21-15-11-14(12-15)20-8-7-18-17(4,5)6/h14-15,18H,7-13H2,1-6H3/t14-,15-. The molecule has 1 aliphatic rings. The van der Waals surface area contributed by atoms with Crippen LogP contribution in [0.2, 0.25) is 0 Å². The zero-order valence-corrected chi connectivity index (χ0v) is 14.8. The molecule has 0 spiro atoms. The lowest BCUT2D eigenvalue weighted by Gasteiger charge is -2.35. The van der Waals surface area contributed by atoms with Crippen molar-refractivity contribution in [2.75, 3.05) is 33.0 Å². The second-order valence-electron chi connectivity index (χ2n) is 8.25. The normalized spacial score (nSPS) is 23.1. The zero-order valence-electron chi connectivity index (χ0n) is 14.8. The van der Waals surface area contributed by atoms with Gasteiger partial charge in [-0.2, -0.15) is 0 Å². The third kappa shape index (κ3) is 10.2. The van der Waals surface area contributed by atoms with Gasteiger partial charge in [0.15, 0.2) is 0 Å². The molecule has 21 heavy (non-hydrogen) atoms. The molecule has 0 aromatic heterocycles. The Bertz CT molecular complexity index is 275. The fourth-order valence-electron chi connectivity index (χ4n) is 2.09. The van der Waals surface area contributed by atoms with Crippen molar-refractivity contribution in [2.24, 2.45) is 5.41 Å². The van der Waals surface area contributed by atoms with Crippen LogP contribution in [0.25, 0.3) is 0 Å². The summed E-state index contributed by atoms with van der Waals surface area (Å²) in [6.07, 6.45) is 2.79. The predicted octanol–water partition coefficient (Wildman–Crippen LogP) is 3.00. The number of hydrogen-bond donors (Lipinski definition) is 1. The highest BCUT2D eigenvalue weighted by Gasteiger charge is 2.30. The Morgan fingerprint density at radius 2 is 1.43 bits per heavy atom. The second-order valence-corrected chi connectivity index (χ2v) is 8.25. The summed E-state index contributed by atoms with van der Waals surface area (Å²) >= 11 is 0. The molecule has 1 saturated carbocycles. The maximum absolute atomic E-state index is 5.80. The third-order valence-corrected chi connectivity index (χ3v) is 3.28. The molecule has 1 fully saturated rings. The molecule has 126 valence electrons. The van der Waals surface area contributed by atoms with E-state index in [-0.39, 0.29) is 11.0 Å². The van der Waals surface area contributed by atoms with Crippen LogP contribution in [0.15, 0.2) is 0 Å². The van der Waals surface area contributed by atoms with Gasteiger partial charge in [0.05, 0.1) is 38.6 Å². The van der Waals surface area contributed by atoms with E-state index >= 15 is 0 Å². The van der Waals surface area contributed by atoms with Gasteiger partial charge < -0.3 is 19.5 Å². The lowest BCUT2D eigenvalue weighted by molar-refractivity contribution is -0.110. The highest BCUT2D eigenvalue weighted by Crippen LogP contribution is 2.26. The van der Waals surface area contributed by atoms with E-state index in [4.69, 9.17) is 14.2 Å². The molecule has 0 aliphatic heterocycles. The van der Waals surface area contributed by atoms with E-state index in [0.717, 1.165) is 32.6 Å². The SMILES string of the molecule is CC(C)(C)COCCO[C@H]1C[C@H](OCCNC(C)(C)C)C1. The molecule has 0 atom stereocenters. The Balaban J connectivity index is 1.88. The predicted molar refractivity (Wildman–Crippen MR) is 86.7 cm³/mol. The first kappa shape index (κ1) is 18.9. The van der Waals surface area contributed by atoms with Crippen molar-refractivity contribution >= 4 is 0 Å². The second kappa shape index (κ2) is 8.47. The van der Waals surface area contributed by atoms with E-state index in [1.54, 1.807) is 0 Å². The van der Waals surface area contributed by atoms with Gasteiger partial charge in [-0.25, -0.2) is 0 Å². The fraction of sp³-hybridized carbons (Fsp3) is 1.00. The molecule has 1 N–H and O–H groups in total. The minimum atomic E-state index is 0.168. The summed E-state index contributed by atoms with van der Waals surface area (Å²) in [5.41, 5.74) is 0.401. The first-order valence-corrected chi connectivity index (χ1v) is 8.22.